The second-order valence-corrected chi connectivity index (χ2v) is 8.84. The number of aryl methyl sites for hydroxylation is 2. The molecule has 146 valence electrons. The normalized spacial score (nSPS) is 11.4. The van der Waals surface area contributed by atoms with Crippen molar-refractivity contribution in [2.45, 2.75) is 23.9 Å². The summed E-state index contributed by atoms with van der Waals surface area (Å²) in [5.74, 6) is -0.0537. The number of amides is 1. The van der Waals surface area contributed by atoms with Gasteiger partial charge in [0.05, 0.1) is 10.6 Å². The van der Waals surface area contributed by atoms with Crippen molar-refractivity contribution in [3.05, 3.63) is 66.0 Å². The molecule has 2 aromatic carbocycles. The Morgan fingerprint density at radius 1 is 1.14 bits per heavy atom. The molecule has 0 aliphatic heterocycles. The number of thioether (sulfide) groups is 1. The predicted octanol–water partition coefficient (Wildman–Crippen LogP) is 2.87. The number of primary sulfonamides is 1. The van der Waals surface area contributed by atoms with Gasteiger partial charge < -0.3 is 5.32 Å². The zero-order chi connectivity index (χ0) is 20.3. The Morgan fingerprint density at radius 2 is 1.79 bits per heavy atom. The number of rotatable bonds is 6. The van der Waals surface area contributed by atoms with E-state index >= 15 is 0 Å². The van der Waals surface area contributed by atoms with Gasteiger partial charge in [-0.3, -0.25) is 9.36 Å². The lowest BCUT2D eigenvalue weighted by atomic mass is 10.1. The van der Waals surface area contributed by atoms with Crippen LogP contribution in [0.25, 0.3) is 5.69 Å². The number of hydrogen-bond acceptors (Lipinski definition) is 5. The minimum atomic E-state index is -3.75. The lowest BCUT2D eigenvalue weighted by Crippen LogP contribution is -2.15. The van der Waals surface area contributed by atoms with Crippen LogP contribution in [0.2, 0.25) is 0 Å². The molecule has 28 heavy (non-hydrogen) atoms. The minimum absolute atomic E-state index is 0.00431. The van der Waals surface area contributed by atoms with E-state index < -0.39 is 10.0 Å². The molecule has 0 unspecified atom stereocenters. The first-order valence-electron chi connectivity index (χ1n) is 8.40. The Kier molecular flexibility index (Phi) is 5.87. The van der Waals surface area contributed by atoms with E-state index in [1.165, 1.54) is 36.0 Å². The van der Waals surface area contributed by atoms with Crippen molar-refractivity contribution in [1.82, 2.24) is 9.55 Å². The average Bonchev–Trinajstić information content (AvgIpc) is 3.07. The van der Waals surface area contributed by atoms with E-state index in [0.717, 1.165) is 16.8 Å². The molecule has 1 aromatic heterocycles. The molecule has 0 fully saturated rings. The number of imidazole rings is 1. The molecule has 3 aromatic rings. The Balaban J connectivity index is 1.65. The average molecular weight is 417 g/mol. The molecule has 0 saturated heterocycles. The number of nitrogens with one attached hydrogen (secondary N) is 1. The fourth-order valence-electron chi connectivity index (χ4n) is 2.74. The molecule has 0 bridgehead atoms. The molecule has 3 rings (SSSR count). The number of carbonyl (C=O) groups excluding carboxylic acids is 1. The van der Waals surface area contributed by atoms with Crippen LogP contribution >= 0.6 is 11.8 Å². The van der Waals surface area contributed by atoms with Crippen molar-refractivity contribution >= 4 is 33.4 Å². The van der Waals surface area contributed by atoms with Crippen LogP contribution in [0.5, 0.6) is 0 Å². The number of nitrogens with zero attached hydrogens (tertiary/aromatic N) is 2. The van der Waals surface area contributed by atoms with E-state index in [2.05, 4.69) is 28.5 Å². The molecule has 0 atom stereocenters. The molecular formula is C19H20N4O3S2. The summed E-state index contributed by atoms with van der Waals surface area (Å²) in [5.41, 5.74) is 3.80. The number of hydrogen-bond donors (Lipinski definition) is 2. The van der Waals surface area contributed by atoms with Gasteiger partial charge in [-0.1, -0.05) is 17.8 Å². The maximum absolute atomic E-state index is 12.2. The maximum Gasteiger partial charge on any atom is 0.238 e. The summed E-state index contributed by atoms with van der Waals surface area (Å²) in [6.45, 7) is 4.07. The Morgan fingerprint density at radius 3 is 2.39 bits per heavy atom. The van der Waals surface area contributed by atoms with E-state index in [9.17, 15) is 13.2 Å². The third kappa shape index (κ3) is 5.00. The molecule has 0 radical (unpaired) electrons. The van der Waals surface area contributed by atoms with Crippen molar-refractivity contribution < 1.29 is 13.2 Å². The van der Waals surface area contributed by atoms with Gasteiger partial charge in [-0.05, 0) is 61.4 Å². The Hall–Kier alpha value is -2.62. The van der Waals surface area contributed by atoms with Crippen LogP contribution in [-0.4, -0.2) is 29.6 Å². The molecule has 1 amide bonds. The summed E-state index contributed by atoms with van der Waals surface area (Å²) in [4.78, 5) is 16.6. The van der Waals surface area contributed by atoms with Crippen LogP contribution in [0.15, 0.2) is 64.9 Å². The van der Waals surface area contributed by atoms with Crippen LogP contribution in [0, 0.1) is 13.8 Å². The highest BCUT2D eigenvalue weighted by molar-refractivity contribution is 7.99. The number of sulfonamides is 1. The SMILES string of the molecule is Cc1cc(C)cc(-n2ccnc2SCC(=O)Nc2ccc(S(N)(=O)=O)cc2)c1. The fraction of sp³-hybridized carbons (Fsp3) is 0.158. The van der Waals surface area contributed by atoms with Crippen molar-refractivity contribution in [2.24, 2.45) is 5.14 Å². The lowest BCUT2D eigenvalue weighted by molar-refractivity contribution is -0.113. The number of carbonyl (C=O) groups is 1. The summed E-state index contributed by atoms with van der Waals surface area (Å²) in [6, 6.07) is 11.9. The standard InChI is InChI=1S/C19H20N4O3S2/c1-13-9-14(2)11-16(10-13)23-8-7-21-19(23)27-12-18(24)22-15-3-5-17(6-4-15)28(20,25)26/h3-11H,12H2,1-2H3,(H,22,24)(H2,20,25,26). The molecule has 0 saturated carbocycles. The Bertz CT molecular complexity index is 1090. The van der Waals surface area contributed by atoms with Gasteiger partial charge in [0.25, 0.3) is 0 Å². The largest absolute Gasteiger partial charge is 0.325 e. The van der Waals surface area contributed by atoms with Crippen LogP contribution in [-0.2, 0) is 14.8 Å². The minimum Gasteiger partial charge on any atom is -0.325 e. The van der Waals surface area contributed by atoms with Gasteiger partial charge in [-0.15, -0.1) is 0 Å². The highest BCUT2D eigenvalue weighted by Gasteiger charge is 2.11. The number of nitrogens with two attached hydrogens (primary N) is 1. The summed E-state index contributed by atoms with van der Waals surface area (Å²) < 4.78 is 24.5. The Labute approximate surface area is 168 Å². The van der Waals surface area contributed by atoms with Crippen LogP contribution < -0.4 is 10.5 Å². The van der Waals surface area contributed by atoms with E-state index in [0.29, 0.717) is 10.8 Å². The molecule has 7 nitrogen and oxygen atoms in total. The highest BCUT2D eigenvalue weighted by atomic mass is 32.2. The maximum atomic E-state index is 12.2. The van der Waals surface area contributed by atoms with Crippen LogP contribution in [0.3, 0.4) is 0 Å². The number of benzene rings is 2. The zero-order valence-corrected chi connectivity index (χ0v) is 17.0. The summed E-state index contributed by atoms with van der Waals surface area (Å²) >= 11 is 1.32. The predicted molar refractivity (Wildman–Crippen MR) is 110 cm³/mol. The van der Waals surface area contributed by atoms with Crippen molar-refractivity contribution in [3.63, 3.8) is 0 Å². The van der Waals surface area contributed by atoms with Gasteiger partial charge in [0.2, 0.25) is 15.9 Å². The quantitative estimate of drug-likeness (QED) is 0.601. The van der Waals surface area contributed by atoms with E-state index in [4.69, 9.17) is 5.14 Å². The second kappa shape index (κ2) is 8.17. The third-order valence-electron chi connectivity index (χ3n) is 3.89. The van der Waals surface area contributed by atoms with Gasteiger partial charge in [-0.2, -0.15) is 0 Å². The molecule has 3 N–H and O–H groups in total. The molecule has 1 heterocycles. The van der Waals surface area contributed by atoms with Crippen LogP contribution in [0.1, 0.15) is 11.1 Å². The fourth-order valence-corrected chi connectivity index (χ4v) is 4.03. The van der Waals surface area contributed by atoms with Crippen molar-refractivity contribution in [1.29, 1.82) is 0 Å². The van der Waals surface area contributed by atoms with Gasteiger partial charge in [0.15, 0.2) is 5.16 Å². The van der Waals surface area contributed by atoms with Crippen molar-refractivity contribution in [3.8, 4) is 5.69 Å². The summed E-state index contributed by atoms with van der Waals surface area (Å²) in [5, 5.41) is 8.50. The first-order valence-corrected chi connectivity index (χ1v) is 10.9. The molecule has 9 heteroatoms. The molecule has 0 aliphatic rings. The topological polar surface area (TPSA) is 107 Å². The lowest BCUT2D eigenvalue weighted by Gasteiger charge is -2.10. The van der Waals surface area contributed by atoms with Gasteiger partial charge in [0, 0.05) is 23.8 Å². The smallest absolute Gasteiger partial charge is 0.238 e. The monoisotopic (exact) mass is 416 g/mol. The van der Waals surface area contributed by atoms with Gasteiger partial charge in [0.1, 0.15) is 0 Å². The first-order chi connectivity index (χ1) is 13.2. The number of anilines is 1. The van der Waals surface area contributed by atoms with E-state index in [-0.39, 0.29) is 16.6 Å². The van der Waals surface area contributed by atoms with Gasteiger partial charge >= 0.3 is 0 Å². The van der Waals surface area contributed by atoms with Gasteiger partial charge in [-0.25, -0.2) is 18.5 Å². The summed E-state index contributed by atoms with van der Waals surface area (Å²) in [6.07, 6.45) is 3.56. The van der Waals surface area contributed by atoms with E-state index in [1.54, 1.807) is 6.20 Å². The number of aromatic nitrogens is 2. The second-order valence-electron chi connectivity index (χ2n) is 6.33. The first kappa shape index (κ1) is 20.1. The van der Waals surface area contributed by atoms with Crippen molar-refractivity contribution in [2.75, 3.05) is 11.1 Å². The third-order valence-corrected chi connectivity index (χ3v) is 5.79. The highest BCUT2D eigenvalue weighted by Crippen LogP contribution is 2.22. The molecular weight excluding hydrogens is 396 g/mol. The van der Waals surface area contributed by atoms with E-state index in [1.807, 2.05) is 24.6 Å². The molecule has 0 spiro atoms. The molecule has 0 aliphatic carbocycles. The van der Waals surface area contributed by atoms with Crippen LogP contribution in [0.4, 0.5) is 5.69 Å². The summed E-state index contributed by atoms with van der Waals surface area (Å²) in [7, 11) is -3.75. The zero-order valence-electron chi connectivity index (χ0n) is 15.4.